The molecule has 0 aliphatic carbocycles. The van der Waals surface area contributed by atoms with Crippen LogP contribution in [0.3, 0.4) is 0 Å². The van der Waals surface area contributed by atoms with E-state index >= 15 is 0 Å². The zero-order valence-electron chi connectivity index (χ0n) is 17.7. The van der Waals surface area contributed by atoms with Gasteiger partial charge in [0, 0.05) is 0 Å². The second kappa shape index (κ2) is 15.7. The van der Waals surface area contributed by atoms with Gasteiger partial charge in [0.05, 0.1) is 6.10 Å². The maximum absolute atomic E-state index is 10.0. The maximum atomic E-state index is 10.0. The fraction of sp³-hybridized carbons (Fsp3) is 0.750. The van der Waals surface area contributed by atoms with E-state index in [0.717, 1.165) is 12.8 Å². The van der Waals surface area contributed by atoms with Gasteiger partial charge in [-0.2, -0.15) is 0 Å². The van der Waals surface area contributed by atoms with Crippen LogP contribution in [0.5, 0.6) is 17.2 Å². The van der Waals surface area contributed by atoms with Crippen LogP contribution in [0.1, 0.15) is 110 Å². The van der Waals surface area contributed by atoms with Crippen LogP contribution in [-0.4, -0.2) is 16.3 Å². The van der Waals surface area contributed by atoms with Crippen molar-refractivity contribution in [1.82, 2.24) is 0 Å². The van der Waals surface area contributed by atoms with E-state index in [1.165, 1.54) is 89.5 Å². The van der Waals surface area contributed by atoms with Gasteiger partial charge in [0.25, 0.3) is 0 Å². The highest BCUT2D eigenvalue weighted by atomic mass is 16.5. The molecule has 1 aromatic carbocycles. The van der Waals surface area contributed by atoms with Gasteiger partial charge in [-0.05, 0) is 37.8 Å². The van der Waals surface area contributed by atoms with Crippen LogP contribution in [0.2, 0.25) is 0 Å². The number of phenolic OH excluding ortho intramolecular Hbond substituents is 2. The third-order valence-electron chi connectivity index (χ3n) is 5.28. The van der Waals surface area contributed by atoms with Crippen molar-refractivity contribution < 1.29 is 14.9 Å². The van der Waals surface area contributed by atoms with Crippen molar-refractivity contribution in [2.45, 2.75) is 116 Å². The topological polar surface area (TPSA) is 49.7 Å². The lowest BCUT2D eigenvalue weighted by atomic mass is 10.0. The van der Waals surface area contributed by atoms with E-state index < -0.39 is 0 Å². The highest BCUT2D eigenvalue weighted by molar-refractivity contribution is 5.48. The van der Waals surface area contributed by atoms with E-state index in [9.17, 15) is 10.2 Å². The van der Waals surface area contributed by atoms with Crippen LogP contribution in [-0.2, 0) is 0 Å². The number of ether oxygens (including phenoxy) is 1. The van der Waals surface area contributed by atoms with E-state index in [2.05, 4.69) is 13.8 Å². The molecule has 0 saturated heterocycles. The Bertz CT molecular complexity index is 473. The van der Waals surface area contributed by atoms with Crippen molar-refractivity contribution in [2.24, 2.45) is 0 Å². The molecule has 0 spiro atoms. The largest absolute Gasteiger partial charge is 0.504 e. The van der Waals surface area contributed by atoms with E-state index in [4.69, 9.17) is 4.74 Å². The van der Waals surface area contributed by atoms with Crippen LogP contribution < -0.4 is 4.74 Å². The Morgan fingerprint density at radius 2 is 1.19 bits per heavy atom. The predicted molar refractivity (Wildman–Crippen MR) is 115 cm³/mol. The minimum absolute atomic E-state index is 0.110. The Morgan fingerprint density at radius 1 is 0.704 bits per heavy atom. The number of para-hydroxylation sites is 1. The van der Waals surface area contributed by atoms with Crippen molar-refractivity contribution in [2.75, 3.05) is 0 Å². The van der Waals surface area contributed by atoms with E-state index in [1.54, 1.807) is 12.1 Å². The van der Waals surface area contributed by atoms with Crippen molar-refractivity contribution in [1.29, 1.82) is 0 Å². The molecule has 3 heteroatoms. The summed E-state index contributed by atoms with van der Waals surface area (Å²) in [6.45, 7) is 4.49. The highest BCUT2D eigenvalue weighted by Gasteiger charge is 2.14. The maximum Gasteiger partial charge on any atom is 0.200 e. The van der Waals surface area contributed by atoms with Gasteiger partial charge < -0.3 is 14.9 Å². The molecule has 2 N–H and O–H groups in total. The van der Waals surface area contributed by atoms with Crippen LogP contribution in [0, 0.1) is 0 Å². The van der Waals surface area contributed by atoms with Crippen LogP contribution in [0.4, 0.5) is 0 Å². The summed E-state index contributed by atoms with van der Waals surface area (Å²) in [6, 6.07) is 4.95. The summed E-state index contributed by atoms with van der Waals surface area (Å²) >= 11 is 0. The molecule has 0 aromatic heterocycles. The SMILES string of the molecule is CCCCCCCCCC(CCCCCCCC)Oc1cccc(O)c1O. The number of hydrogen-bond acceptors (Lipinski definition) is 3. The first-order valence-corrected chi connectivity index (χ1v) is 11.4. The van der Waals surface area contributed by atoms with Gasteiger partial charge in [0.2, 0.25) is 5.75 Å². The lowest BCUT2D eigenvalue weighted by molar-refractivity contribution is 0.165. The molecule has 156 valence electrons. The van der Waals surface area contributed by atoms with Crippen molar-refractivity contribution in [3.63, 3.8) is 0 Å². The van der Waals surface area contributed by atoms with Gasteiger partial charge in [0.15, 0.2) is 11.5 Å². The Balaban J connectivity index is 2.39. The molecule has 0 aliphatic rings. The van der Waals surface area contributed by atoms with Gasteiger partial charge in [-0.25, -0.2) is 0 Å². The summed E-state index contributed by atoms with van der Waals surface area (Å²) in [6.07, 6.45) is 18.9. The van der Waals surface area contributed by atoms with Gasteiger partial charge in [-0.3, -0.25) is 0 Å². The highest BCUT2D eigenvalue weighted by Crippen LogP contribution is 2.36. The van der Waals surface area contributed by atoms with Crippen LogP contribution in [0.15, 0.2) is 18.2 Å². The lowest BCUT2D eigenvalue weighted by Gasteiger charge is -2.20. The molecule has 0 bridgehead atoms. The standard InChI is InChI=1S/C24H42O3/c1-3-5-7-9-11-13-15-18-21(17-14-12-10-8-6-4-2)27-23-20-16-19-22(25)24(23)26/h16,19-21,25-26H,3-15,17-18H2,1-2H3. The minimum Gasteiger partial charge on any atom is -0.504 e. The molecule has 1 rings (SSSR count). The molecule has 0 heterocycles. The average Bonchev–Trinajstić information content (AvgIpc) is 2.67. The van der Waals surface area contributed by atoms with E-state index in [0.29, 0.717) is 5.75 Å². The summed E-state index contributed by atoms with van der Waals surface area (Å²) in [4.78, 5) is 0. The molecule has 0 fully saturated rings. The van der Waals surface area contributed by atoms with Crippen molar-refractivity contribution in [3.05, 3.63) is 18.2 Å². The first kappa shape index (κ1) is 23.7. The molecule has 0 saturated carbocycles. The smallest absolute Gasteiger partial charge is 0.200 e. The summed E-state index contributed by atoms with van der Waals surface area (Å²) in [5.41, 5.74) is 0. The second-order valence-corrected chi connectivity index (χ2v) is 7.83. The predicted octanol–water partition coefficient (Wildman–Crippen LogP) is 7.74. The third-order valence-corrected chi connectivity index (χ3v) is 5.28. The molecular weight excluding hydrogens is 336 g/mol. The van der Waals surface area contributed by atoms with Crippen LogP contribution >= 0.6 is 0 Å². The molecule has 1 aromatic rings. The van der Waals surface area contributed by atoms with Gasteiger partial charge in [0.1, 0.15) is 0 Å². The van der Waals surface area contributed by atoms with Crippen LogP contribution in [0.25, 0.3) is 0 Å². The first-order valence-electron chi connectivity index (χ1n) is 11.4. The monoisotopic (exact) mass is 378 g/mol. The fourth-order valence-corrected chi connectivity index (χ4v) is 3.53. The molecular formula is C24H42O3. The number of unbranched alkanes of at least 4 members (excludes halogenated alkanes) is 11. The molecule has 0 amide bonds. The zero-order chi connectivity index (χ0) is 19.7. The molecule has 1 atom stereocenters. The van der Waals surface area contributed by atoms with Crippen molar-refractivity contribution in [3.8, 4) is 17.2 Å². The van der Waals surface area contributed by atoms with E-state index in [-0.39, 0.29) is 17.6 Å². The first-order chi connectivity index (χ1) is 13.2. The second-order valence-electron chi connectivity index (χ2n) is 7.83. The third kappa shape index (κ3) is 11.1. The lowest BCUT2D eigenvalue weighted by Crippen LogP contribution is -2.16. The molecule has 0 radical (unpaired) electrons. The van der Waals surface area contributed by atoms with Gasteiger partial charge in [-0.1, -0.05) is 90.5 Å². The summed E-state index contributed by atoms with van der Waals surface area (Å²) in [7, 11) is 0. The Kier molecular flexibility index (Phi) is 13.7. The Morgan fingerprint density at radius 3 is 1.70 bits per heavy atom. The van der Waals surface area contributed by atoms with Gasteiger partial charge >= 0.3 is 0 Å². The number of aromatic hydroxyl groups is 2. The minimum atomic E-state index is -0.134. The van der Waals surface area contributed by atoms with Gasteiger partial charge in [-0.15, -0.1) is 0 Å². The quantitative estimate of drug-likeness (QED) is 0.215. The molecule has 0 aliphatic heterocycles. The number of benzene rings is 1. The number of hydrogen-bond donors (Lipinski definition) is 2. The normalized spacial score (nSPS) is 12.2. The molecule has 27 heavy (non-hydrogen) atoms. The zero-order valence-corrected chi connectivity index (χ0v) is 17.7. The fourth-order valence-electron chi connectivity index (χ4n) is 3.53. The average molecular weight is 379 g/mol. The van der Waals surface area contributed by atoms with E-state index in [1.807, 2.05) is 0 Å². The number of rotatable bonds is 17. The Hall–Kier alpha value is -1.38. The summed E-state index contributed by atoms with van der Waals surface area (Å²) in [5, 5.41) is 19.7. The summed E-state index contributed by atoms with van der Waals surface area (Å²) in [5.74, 6) is 0.167. The van der Waals surface area contributed by atoms with Crippen molar-refractivity contribution >= 4 is 0 Å². The molecule has 3 nitrogen and oxygen atoms in total. The Labute approximate surface area is 167 Å². The molecule has 1 unspecified atom stereocenters. The number of phenols is 2. The summed E-state index contributed by atoms with van der Waals surface area (Å²) < 4.78 is 6.09.